The van der Waals surface area contributed by atoms with Gasteiger partial charge in [0, 0.05) is 17.0 Å². The van der Waals surface area contributed by atoms with Gasteiger partial charge in [0.05, 0.1) is 6.54 Å². The van der Waals surface area contributed by atoms with Gasteiger partial charge in [-0.15, -0.1) is 11.3 Å². The number of nitrogens with one attached hydrogen (secondary N) is 1. The van der Waals surface area contributed by atoms with Crippen LogP contribution in [0.25, 0.3) is 0 Å². The van der Waals surface area contributed by atoms with E-state index in [0.29, 0.717) is 6.54 Å². The SMILES string of the molecule is CC[C@H](C)C(=O)NCc1nc(C)cs1. The van der Waals surface area contributed by atoms with Gasteiger partial charge in [-0.05, 0) is 13.3 Å². The summed E-state index contributed by atoms with van der Waals surface area (Å²) in [5, 5.41) is 5.83. The molecule has 0 saturated carbocycles. The van der Waals surface area contributed by atoms with E-state index in [0.717, 1.165) is 17.1 Å². The molecule has 4 heteroatoms. The van der Waals surface area contributed by atoms with Gasteiger partial charge in [0.25, 0.3) is 0 Å². The summed E-state index contributed by atoms with van der Waals surface area (Å²) in [4.78, 5) is 15.7. The minimum absolute atomic E-state index is 0.0936. The van der Waals surface area contributed by atoms with Crippen LogP contribution in [0.5, 0.6) is 0 Å². The molecule has 0 aliphatic rings. The van der Waals surface area contributed by atoms with Crippen LogP contribution in [-0.4, -0.2) is 10.9 Å². The molecular weight excluding hydrogens is 196 g/mol. The lowest BCUT2D eigenvalue weighted by atomic mass is 10.1. The third-order valence-electron chi connectivity index (χ3n) is 2.14. The first-order valence-electron chi connectivity index (χ1n) is 4.82. The standard InChI is InChI=1S/C10H16N2OS/c1-4-7(2)10(13)11-5-9-12-8(3)6-14-9/h6-7H,4-5H2,1-3H3,(H,11,13)/t7-/m0/s1. The maximum Gasteiger partial charge on any atom is 0.223 e. The van der Waals surface area contributed by atoms with E-state index < -0.39 is 0 Å². The van der Waals surface area contributed by atoms with Crippen LogP contribution in [0.2, 0.25) is 0 Å². The van der Waals surface area contributed by atoms with Crippen molar-refractivity contribution in [1.29, 1.82) is 0 Å². The number of nitrogens with zero attached hydrogens (tertiary/aromatic N) is 1. The summed E-state index contributed by atoms with van der Waals surface area (Å²) in [6.45, 7) is 6.46. The average Bonchev–Trinajstić information content (AvgIpc) is 2.59. The van der Waals surface area contributed by atoms with E-state index in [4.69, 9.17) is 0 Å². The minimum Gasteiger partial charge on any atom is -0.349 e. The topological polar surface area (TPSA) is 42.0 Å². The van der Waals surface area contributed by atoms with E-state index >= 15 is 0 Å². The zero-order valence-electron chi connectivity index (χ0n) is 8.83. The van der Waals surface area contributed by atoms with Crippen molar-refractivity contribution in [2.24, 2.45) is 5.92 Å². The predicted octanol–water partition coefficient (Wildman–Crippen LogP) is 2.11. The van der Waals surface area contributed by atoms with Crippen LogP contribution in [0.3, 0.4) is 0 Å². The summed E-state index contributed by atoms with van der Waals surface area (Å²) in [6.07, 6.45) is 0.878. The molecule has 14 heavy (non-hydrogen) atoms. The van der Waals surface area contributed by atoms with E-state index in [1.807, 2.05) is 26.2 Å². The molecule has 0 bridgehead atoms. The summed E-state index contributed by atoms with van der Waals surface area (Å²) < 4.78 is 0. The lowest BCUT2D eigenvalue weighted by Crippen LogP contribution is -2.28. The highest BCUT2D eigenvalue weighted by Gasteiger charge is 2.10. The van der Waals surface area contributed by atoms with Crippen LogP contribution in [0.1, 0.15) is 31.0 Å². The highest BCUT2D eigenvalue weighted by Crippen LogP contribution is 2.08. The van der Waals surface area contributed by atoms with Gasteiger partial charge in [0.15, 0.2) is 0 Å². The molecule has 0 aliphatic heterocycles. The first kappa shape index (κ1) is 11.2. The molecule has 1 atom stereocenters. The normalized spacial score (nSPS) is 12.5. The van der Waals surface area contributed by atoms with Gasteiger partial charge in [0.1, 0.15) is 5.01 Å². The highest BCUT2D eigenvalue weighted by molar-refractivity contribution is 7.09. The first-order chi connectivity index (χ1) is 6.63. The molecule has 78 valence electrons. The Morgan fingerprint density at radius 2 is 2.43 bits per heavy atom. The molecule has 1 N–H and O–H groups in total. The van der Waals surface area contributed by atoms with Crippen molar-refractivity contribution < 1.29 is 4.79 Å². The zero-order chi connectivity index (χ0) is 10.6. The molecule has 1 aromatic heterocycles. The third kappa shape index (κ3) is 3.10. The van der Waals surface area contributed by atoms with Crippen molar-refractivity contribution in [2.45, 2.75) is 33.7 Å². The Labute approximate surface area is 88.6 Å². The Morgan fingerprint density at radius 1 is 1.71 bits per heavy atom. The molecule has 0 spiro atoms. The third-order valence-corrected chi connectivity index (χ3v) is 3.11. The molecule has 3 nitrogen and oxygen atoms in total. The number of carbonyl (C=O) groups is 1. The number of aryl methyl sites for hydroxylation is 1. The van der Waals surface area contributed by atoms with Crippen LogP contribution < -0.4 is 5.32 Å². The smallest absolute Gasteiger partial charge is 0.223 e. The number of rotatable bonds is 4. The van der Waals surface area contributed by atoms with Gasteiger partial charge in [-0.2, -0.15) is 0 Å². The minimum atomic E-state index is 0.0936. The Bertz CT molecular complexity index is 309. The van der Waals surface area contributed by atoms with Crippen molar-refractivity contribution in [3.05, 3.63) is 16.1 Å². The number of hydrogen-bond acceptors (Lipinski definition) is 3. The summed E-state index contributed by atoms with van der Waals surface area (Å²) in [6, 6.07) is 0. The molecule has 1 aromatic rings. The fraction of sp³-hybridized carbons (Fsp3) is 0.600. The Balaban J connectivity index is 2.37. The highest BCUT2D eigenvalue weighted by atomic mass is 32.1. The van der Waals surface area contributed by atoms with Crippen molar-refractivity contribution in [3.8, 4) is 0 Å². The molecule has 0 radical (unpaired) electrons. The summed E-state index contributed by atoms with van der Waals surface area (Å²) >= 11 is 1.59. The number of aromatic nitrogens is 1. The van der Waals surface area contributed by atoms with Crippen LogP contribution >= 0.6 is 11.3 Å². The van der Waals surface area contributed by atoms with Gasteiger partial charge in [0.2, 0.25) is 5.91 Å². The maximum atomic E-state index is 11.4. The fourth-order valence-corrected chi connectivity index (χ4v) is 1.72. The number of carbonyl (C=O) groups excluding carboxylic acids is 1. The lowest BCUT2D eigenvalue weighted by Gasteiger charge is -2.07. The average molecular weight is 212 g/mol. The van der Waals surface area contributed by atoms with Gasteiger partial charge in [-0.25, -0.2) is 4.98 Å². The van der Waals surface area contributed by atoms with Crippen molar-refractivity contribution in [2.75, 3.05) is 0 Å². The molecule has 0 fully saturated rings. The molecule has 1 rings (SSSR count). The van der Waals surface area contributed by atoms with E-state index in [-0.39, 0.29) is 11.8 Å². The van der Waals surface area contributed by atoms with Gasteiger partial charge < -0.3 is 5.32 Å². The van der Waals surface area contributed by atoms with Gasteiger partial charge in [-0.1, -0.05) is 13.8 Å². The zero-order valence-corrected chi connectivity index (χ0v) is 9.65. The quantitative estimate of drug-likeness (QED) is 0.830. The number of amides is 1. The largest absolute Gasteiger partial charge is 0.349 e. The molecular formula is C10H16N2OS. The molecule has 0 aliphatic carbocycles. The summed E-state index contributed by atoms with van der Waals surface area (Å²) in [5.74, 6) is 0.205. The van der Waals surface area contributed by atoms with Crippen LogP contribution in [0.15, 0.2) is 5.38 Å². The molecule has 0 unspecified atom stereocenters. The predicted molar refractivity (Wildman–Crippen MR) is 58.2 cm³/mol. The maximum absolute atomic E-state index is 11.4. The molecule has 0 saturated heterocycles. The summed E-state index contributed by atoms with van der Waals surface area (Å²) in [7, 11) is 0. The second-order valence-electron chi connectivity index (χ2n) is 3.41. The van der Waals surface area contributed by atoms with Crippen molar-refractivity contribution >= 4 is 17.2 Å². The Kier molecular flexibility index (Phi) is 4.07. The number of hydrogen-bond donors (Lipinski definition) is 1. The molecule has 1 amide bonds. The fourth-order valence-electron chi connectivity index (χ4n) is 1.01. The van der Waals surface area contributed by atoms with Gasteiger partial charge >= 0.3 is 0 Å². The summed E-state index contributed by atoms with van der Waals surface area (Å²) in [5.41, 5.74) is 1.02. The first-order valence-corrected chi connectivity index (χ1v) is 5.70. The lowest BCUT2D eigenvalue weighted by molar-refractivity contribution is -0.124. The van der Waals surface area contributed by atoms with Gasteiger partial charge in [-0.3, -0.25) is 4.79 Å². The van der Waals surface area contributed by atoms with E-state index in [1.165, 1.54) is 0 Å². The van der Waals surface area contributed by atoms with E-state index in [1.54, 1.807) is 11.3 Å². The molecule has 1 heterocycles. The monoisotopic (exact) mass is 212 g/mol. The van der Waals surface area contributed by atoms with E-state index in [9.17, 15) is 4.79 Å². The Hall–Kier alpha value is -0.900. The van der Waals surface area contributed by atoms with Crippen LogP contribution in [-0.2, 0) is 11.3 Å². The van der Waals surface area contributed by atoms with Crippen molar-refractivity contribution in [3.63, 3.8) is 0 Å². The second kappa shape index (κ2) is 5.10. The van der Waals surface area contributed by atoms with Crippen molar-refractivity contribution in [1.82, 2.24) is 10.3 Å². The second-order valence-corrected chi connectivity index (χ2v) is 4.35. The number of thiazole rings is 1. The van der Waals surface area contributed by atoms with Crippen LogP contribution in [0, 0.1) is 12.8 Å². The Morgan fingerprint density at radius 3 is 2.93 bits per heavy atom. The van der Waals surface area contributed by atoms with E-state index in [2.05, 4.69) is 10.3 Å². The molecule has 0 aromatic carbocycles. The van der Waals surface area contributed by atoms with Crippen LogP contribution in [0.4, 0.5) is 0 Å².